The van der Waals surface area contributed by atoms with Crippen LogP contribution in [-0.2, 0) is 9.53 Å². The van der Waals surface area contributed by atoms with Crippen LogP contribution in [-0.4, -0.2) is 17.5 Å². The van der Waals surface area contributed by atoms with Crippen LogP contribution in [0.2, 0.25) is 0 Å². The van der Waals surface area contributed by atoms with Crippen molar-refractivity contribution in [2.75, 3.05) is 6.61 Å². The highest BCUT2D eigenvalue weighted by Gasteiger charge is 2.08. The molecule has 0 saturated heterocycles. The van der Waals surface area contributed by atoms with E-state index in [1.807, 2.05) is 0 Å². The number of non-ortho nitro benzene ring substituents is 1. The van der Waals surface area contributed by atoms with Crippen molar-refractivity contribution in [3.8, 4) is 0 Å². The summed E-state index contributed by atoms with van der Waals surface area (Å²) >= 11 is 0. The van der Waals surface area contributed by atoms with Gasteiger partial charge < -0.3 is 10.5 Å². The summed E-state index contributed by atoms with van der Waals surface area (Å²) in [5, 5.41) is 10.6. The molecular formula is C11H12N2O4. The molecule has 0 saturated carbocycles. The molecule has 0 aliphatic heterocycles. The molecule has 1 aromatic rings. The molecule has 0 amide bonds. The number of rotatable bonds is 4. The van der Waals surface area contributed by atoms with Crippen molar-refractivity contribution in [3.05, 3.63) is 46.0 Å². The molecule has 0 aliphatic carbocycles. The summed E-state index contributed by atoms with van der Waals surface area (Å²) in [7, 11) is 0. The Labute approximate surface area is 97.8 Å². The normalized spacial score (nSPS) is 11.0. The Bertz CT molecular complexity index is 468. The number of benzene rings is 1. The van der Waals surface area contributed by atoms with Gasteiger partial charge in [0.2, 0.25) is 0 Å². The summed E-state index contributed by atoms with van der Waals surface area (Å²) in [4.78, 5) is 21.2. The van der Waals surface area contributed by atoms with E-state index in [1.54, 1.807) is 13.0 Å². The van der Waals surface area contributed by atoms with Gasteiger partial charge in [-0.1, -0.05) is 12.1 Å². The minimum atomic E-state index is -0.573. The Morgan fingerprint density at radius 3 is 2.88 bits per heavy atom. The van der Waals surface area contributed by atoms with Gasteiger partial charge in [-0.25, -0.2) is 4.79 Å². The number of nitro groups is 1. The van der Waals surface area contributed by atoms with Gasteiger partial charge in [-0.15, -0.1) is 0 Å². The lowest BCUT2D eigenvalue weighted by molar-refractivity contribution is -0.384. The van der Waals surface area contributed by atoms with Crippen LogP contribution in [0.5, 0.6) is 0 Å². The number of nitrogens with zero attached hydrogens (tertiary/aromatic N) is 1. The molecule has 0 radical (unpaired) electrons. The first-order valence-corrected chi connectivity index (χ1v) is 4.93. The molecule has 90 valence electrons. The van der Waals surface area contributed by atoms with Crippen LogP contribution in [0.3, 0.4) is 0 Å². The average Bonchev–Trinajstić information content (AvgIpc) is 2.29. The zero-order valence-electron chi connectivity index (χ0n) is 9.25. The van der Waals surface area contributed by atoms with Crippen molar-refractivity contribution in [3.63, 3.8) is 0 Å². The van der Waals surface area contributed by atoms with Gasteiger partial charge in [0.05, 0.1) is 11.5 Å². The van der Waals surface area contributed by atoms with Gasteiger partial charge in [0.25, 0.3) is 5.69 Å². The highest BCUT2D eigenvalue weighted by Crippen LogP contribution is 2.17. The minimum Gasteiger partial charge on any atom is -0.463 e. The lowest BCUT2D eigenvalue weighted by atomic mass is 10.1. The Morgan fingerprint density at radius 2 is 2.29 bits per heavy atom. The van der Waals surface area contributed by atoms with E-state index >= 15 is 0 Å². The fraction of sp³-hybridized carbons (Fsp3) is 0.182. The summed E-state index contributed by atoms with van der Waals surface area (Å²) < 4.78 is 4.68. The maximum Gasteiger partial charge on any atom is 0.332 e. The van der Waals surface area contributed by atoms with Crippen LogP contribution in [0, 0.1) is 10.1 Å². The number of carbonyl (C=O) groups is 1. The summed E-state index contributed by atoms with van der Waals surface area (Å²) in [5.41, 5.74) is 6.09. The Hall–Kier alpha value is -2.37. The van der Waals surface area contributed by atoms with Crippen molar-refractivity contribution in [1.82, 2.24) is 0 Å². The number of carbonyl (C=O) groups excluding carboxylic acids is 1. The standard InChI is InChI=1S/C11H12N2O4/c1-2-17-11(14)7-10(12)8-4-3-5-9(6-8)13(15)16/h3-7H,2,12H2,1H3. The molecule has 6 nitrogen and oxygen atoms in total. The van der Waals surface area contributed by atoms with E-state index in [0.29, 0.717) is 5.56 Å². The predicted octanol–water partition coefficient (Wildman–Crippen LogP) is 1.46. The van der Waals surface area contributed by atoms with Crippen molar-refractivity contribution >= 4 is 17.4 Å². The van der Waals surface area contributed by atoms with Crippen molar-refractivity contribution < 1.29 is 14.5 Å². The maximum absolute atomic E-state index is 11.1. The number of nitro benzene ring substituents is 1. The Kier molecular flexibility index (Phi) is 4.21. The van der Waals surface area contributed by atoms with Crippen molar-refractivity contribution in [2.24, 2.45) is 5.73 Å². The van der Waals surface area contributed by atoms with Gasteiger partial charge in [-0.2, -0.15) is 0 Å². The minimum absolute atomic E-state index is 0.0808. The second-order valence-corrected chi connectivity index (χ2v) is 3.16. The van der Waals surface area contributed by atoms with Gasteiger partial charge in [-0.3, -0.25) is 10.1 Å². The summed E-state index contributed by atoms with van der Waals surface area (Å²) in [5.74, 6) is -0.573. The third-order valence-electron chi connectivity index (χ3n) is 1.95. The van der Waals surface area contributed by atoms with Crippen molar-refractivity contribution in [2.45, 2.75) is 6.92 Å². The van der Waals surface area contributed by atoms with Crippen molar-refractivity contribution in [1.29, 1.82) is 0 Å². The highest BCUT2D eigenvalue weighted by atomic mass is 16.6. The second-order valence-electron chi connectivity index (χ2n) is 3.16. The molecular weight excluding hydrogens is 224 g/mol. The molecule has 0 aliphatic rings. The third kappa shape index (κ3) is 3.60. The first-order valence-electron chi connectivity index (χ1n) is 4.93. The third-order valence-corrected chi connectivity index (χ3v) is 1.95. The molecule has 0 spiro atoms. The SMILES string of the molecule is CCOC(=O)C=C(N)c1cccc([N+](=O)[O-])c1. The summed E-state index contributed by atoms with van der Waals surface area (Å²) in [6.07, 6.45) is 1.10. The van der Waals surface area contributed by atoms with Crippen LogP contribution < -0.4 is 5.73 Å². The van der Waals surface area contributed by atoms with Gasteiger partial charge in [0.1, 0.15) is 0 Å². The van der Waals surface area contributed by atoms with E-state index in [9.17, 15) is 14.9 Å². The zero-order chi connectivity index (χ0) is 12.8. The maximum atomic E-state index is 11.1. The van der Waals surface area contributed by atoms with Gasteiger partial charge >= 0.3 is 5.97 Å². The van der Waals surface area contributed by atoms with E-state index < -0.39 is 10.9 Å². The molecule has 6 heteroatoms. The van der Waals surface area contributed by atoms with Gasteiger partial charge in [-0.05, 0) is 6.92 Å². The molecule has 0 atom stereocenters. The predicted molar refractivity (Wildman–Crippen MR) is 61.9 cm³/mol. The summed E-state index contributed by atoms with van der Waals surface area (Å²) in [6.45, 7) is 1.92. The van der Waals surface area contributed by atoms with E-state index in [2.05, 4.69) is 4.74 Å². The second kappa shape index (κ2) is 5.64. The fourth-order valence-corrected chi connectivity index (χ4v) is 1.19. The van der Waals surface area contributed by atoms with E-state index in [-0.39, 0.29) is 18.0 Å². The molecule has 0 heterocycles. The quantitative estimate of drug-likeness (QED) is 0.369. The van der Waals surface area contributed by atoms with Gasteiger partial charge in [0.15, 0.2) is 0 Å². The van der Waals surface area contributed by atoms with Crippen LogP contribution in [0.25, 0.3) is 5.70 Å². The molecule has 0 aromatic heterocycles. The van der Waals surface area contributed by atoms with Gasteiger partial charge in [0, 0.05) is 29.5 Å². The molecule has 1 aromatic carbocycles. The Balaban J connectivity index is 2.96. The lowest BCUT2D eigenvalue weighted by Gasteiger charge is -2.01. The van der Waals surface area contributed by atoms with Crippen LogP contribution in [0.4, 0.5) is 5.69 Å². The molecule has 0 fully saturated rings. The highest BCUT2D eigenvalue weighted by molar-refractivity contribution is 5.90. The largest absolute Gasteiger partial charge is 0.463 e. The monoisotopic (exact) mass is 236 g/mol. The van der Waals surface area contributed by atoms with Crippen LogP contribution >= 0.6 is 0 Å². The number of hydrogen-bond acceptors (Lipinski definition) is 5. The molecule has 17 heavy (non-hydrogen) atoms. The zero-order valence-corrected chi connectivity index (χ0v) is 9.25. The van der Waals surface area contributed by atoms with Crippen LogP contribution in [0.1, 0.15) is 12.5 Å². The van der Waals surface area contributed by atoms with Crippen LogP contribution in [0.15, 0.2) is 30.3 Å². The molecule has 0 bridgehead atoms. The summed E-state index contributed by atoms with van der Waals surface area (Å²) in [6, 6.07) is 5.73. The molecule has 0 unspecified atom stereocenters. The number of nitrogens with two attached hydrogens (primary N) is 1. The number of esters is 1. The van der Waals surface area contributed by atoms with E-state index in [0.717, 1.165) is 6.08 Å². The van der Waals surface area contributed by atoms with E-state index in [4.69, 9.17) is 5.73 Å². The smallest absolute Gasteiger partial charge is 0.332 e. The number of ether oxygens (including phenoxy) is 1. The Morgan fingerprint density at radius 1 is 1.59 bits per heavy atom. The number of hydrogen-bond donors (Lipinski definition) is 1. The topological polar surface area (TPSA) is 95.5 Å². The lowest BCUT2D eigenvalue weighted by Crippen LogP contribution is -2.05. The fourth-order valence-electron chi connectivity index (χ4n) is 1.19. The first kappa shape index (κ1) is 12.7. The average molecular weight is 236 g/mol. The van der Waals surface area contributed by atoms with E-state index in [1.165, 1.54) is 18.2 Å². The first-order chi connectivity index (χ1) is 8.04. The molecule has 1 rings (SSSR count). The molecule has 2 N–H and O–H groups in total.